The number of alkyl halides is 2. The van der Waals surface area contributed by atoms with E-state index in [4.69, 9.17) is 10.5 Å². The van der Waals surface area contributed by atoms with Gasteiger partial charge in [0, 0.05) is 12.1 Å². The van der Waals surface area contributed by atoms with E-state index >= 15 is 0 Å². The minimum Gasteiger partial charge on any atom is -0.459 e. The minimum atomic E-state index is -2.58. The third-order valence-electron chi connectivity index (χ3n) is 4.64. The van der Waals surface area contributed by atoms with Crippen LogP contribution in [-0.2, 0) is 9.53 Å². The zero-order valence-electron chi connectivity index (χ0n) is 12.3. The number of fused-ring (bicyclic) bond motifs is 3. The van der Waals surface area contributed by atoms with Crippen molar-refractivity contribution in [2.24, 2.45) is 11.7 Å². The Morgan fingerprint density at radius 2 is 1.95 bits per heavy atom. The SMILES string of the molecule is NC(C(=O)O[C@H]1CN2CCC1CC2)c1cccc(C(F)F)c1. The highest BCUT2D eigenvalue weighted by molar-refractivity contribution is 5.77. The summed E-state index contributed by atoms with van der Waals surface area (Å²) in [4.78, 5) is 14.5. The molecule has 0 aromatic heterocycles. The molecule has 2 bridgehead atoms. The monoisotopic (exact) mass is 310 g/mol. The number of nitrogens with two attached hydrogens (primary N) is 1. The first-order chi connectivity index (χ1) is 10.5. The standard InChI is InChI=1S/C16H20F2N2O2/c17-15(18)12-3-1-2-11(8-12)14(19)16(21)22-13-9-20-6-4-10(13)5-7-20/h1-3,8,10,13-15H,4-7,9,19H2/t13-,14?/m0/s1. The van der Waals surface area contributed by atoms with Gasteiger partial charge in [0.15, 0.2) is 0 Å². The van der Waals surface area contributed by atoms with Gasteiger partial charge in [-0.05, 0) is 43.5 Å². The molecule has 0 radical (unpaired) electrons. The van der Waals surface area contributed by atoms with Gasteiger partial charge in [-0.15, -0.1) is 0 Å². The Balaban J connectivity index is 1.65. The summed E-state index contributed by atoms with van der Waals surface area (Å²) in [5.74, 6) is -0.140. The molecule has 6 heteroatoms. The lowest BCUT2D eigenvalue weighted by atomic mass is 9.86. The second kappa shape index (κ2) is 6.30. The fourth-order valence-corrected chi connectivity index (χ4v) is 3.29. The molecule has 0 aliphatic carbocycles. The number of hydrogen-bond donors (Lipinski definition) is 1. The summed E-state index contributed by atoms with van der Waals surface area (Å²) < 4.78 is 31.0. The Hall–Kier alpha value is -1.53. The molecular weight excluding hydrogens is 290 g/mol. The van der Waals surface area contributed by atoms with Crippen molar-refractivity contribution in [1.29, 1.82) is 0 Å². The number of hydrogen-bond acceptors (Lipinski definition) is 4. The van der Waals surface area contributed by atoms with E-state index in [0.29, 0.717) is 11.5 Å². The first-order valence-electron chi connectivity index (χ1n) is 7.61. The van der Waals surface area contributed by atoms with Crippen LogP contribution >= 0.6 is 0 Å². The predicted octanol–water partition coefficient (Wildman–Crippen LogP) is 2.26. The number of rotatable bonds is 4. The highest BCUT2D eigenvalue weighted by Gasteiger charge is 2.37. The maximum absolute atomic E-state index is 12.7. The lowest BCUT2D eigenvalue weighted by Crippen LogP contribution is -2.52. The maximum Gasteiger partial charge on any atom is 0.327 e. The number of benzene rings is 1. The van der Waals surface area contributed by atoms with Crippen LogP contribution in [0.3, 0.4) is 0 Å². The zero-order chi connectivity index (χ0) is 15.7. The molecule has 120 valence electrons. The third-order valence-corrected chi connectivity index (χ3v) is 4.64. The van der Waals surface area contributed by atoms with Gasteiger partial charge < -0.3 is 10.5 Å². The Morgan fingerprint density at radius 3 is 2.55 bits per heavy atom. The molecule has 0 amide bonds. The molecule has 3 fully saturated rings. The van der Waals surface area contributed by atoms with Gasteiger partial charge in [0.2, 0.25) is 0 Å². The average molecular weight is 310 g/mol. The fourth-order valence-electron chi connectivity index (χ4n) is 3.29. The van der Waals surface area contributed by atoms with Gasteiger partial charge in [-0.3, -0.25) is 4.90 Å². The van der Waals surface area contributed by atoms with Crippen molar-refractivity contribution in [3.63, 3.8) is 0 Å². The molecular formula is C16H20F2N2O2. The molecule has 1 aromatic rings. The molecule has 3 saturated heterocycles. The van der Waals surface area contributed by atoms with Crippen LogP contribution in [0.25, 0.3) is 0 Å². The number of carbonyl (C=O) groups is 1. The first kappa shape index (κ1) is 15.4. The van der Waals surface area contributed by atoms with Crippen molar-refractivity contribution in [3.8, 4) is 0 Å². The van der Waals surface area contributed by atoms with Crippen LogP contribution in [0.15, 0.2) is 24.3 Å². The van der Waals surface area contributed by atoms with Crippen molar-refractivity contribution in [1.82, 2.24) is 4.90 Å². The minimum absolute atomic E-state index is 0.126. The molecule has 1 aromatic carbocycles. The molecule has 22 heavy (non-hydrogen) atoms. The average Bonchev–Trinajstić information content (AvgIpc) is 2.55. The molecule has 0 saturated carbocycles. The predicted molar refractivity (Wildman–Crippen MR) is 77.4 cm³/mol. The molecule has 2 atom stereocenters. The van der Waals surface area contributed by atoms with E-state index in [1.165, 1.54) is 18.2 Å². The molecule has 2 N–H and O–H groups in total. The van der Waals surface area contributed by atoms with Crippen LogP contribution in [0.4, 0.5) is 8.78 Å². The van der Waals surface area contributed by atoms with Crippen LogP contribution < -0.4 is 5.73 Å². The summed E-state index contributed by atoms with van der Waals surface area (Å²) in [6.07, 6.45) is -0.633. The summed E-state index contributed by atoms with van der Waals surface area (Å²) in [5, 5.41) is 0. The van der Waals surface area contributed by atoms with Crippen molar-refractivity contribution in [2.75, 3.05) is 19.6 Å². The van der Waals surface area contributed by atoms with Crippen LogP contribution in [0, 0.1) is 5.92 Å². The topological polar surface area (TPSA) is 55.6 Å². The van der Waals surface area contributed by atoms with E-state index in [9.17, 15) is 13.6 Å². The fraction of sp³-hybridized carbons (Fsp3) is 0.562. The highest BCUT2D eigenvalue weighted by Crippen LogP contribution is 2.30. The van der Waals surface area contributed by atoms with E-state index in [-0.39, 0.29) is 11.7 Å². The Kier molecular flexibility index (Phi) is 4.40. The Morgan fingerprint density at radius 1 is 1.27 bits per heavy atom. The van der Waals surface area contributed by atoms with Crippen LogP contribution in [0.2, 0.25) is 0 Å². The van der Waals surface area contributed by atoms with Crippen molar-refractivity contribution in [2.45, 2.75) is 31.4 Å². The van der Waals surface area contributed by atoms with Gasteiger partial charge in [-0.25, -0.2) is 13.6 Å². The summed E-state index contributed by atoms with van der Waals surface area (Å²) in [6, 6.07) is 4.63. The second-order valence-corrected chi connectivity index (χ2v) is 6.06. The van der Waals surface area contributed by atoms with Gasteiger partial charge in [-0.1, -0.05) is 18.2 Å². The number of ether oxygens (including phenoxy) is 1. The Bertz CT molecular complexity index is 545. The second-order valence-electron chi connectivity index (χ2n) is 6.06. The molecule has 3 heterocycles. The molecule has 3 aliphatic heterocycles. The number of esters is 1. The van der Waals surface area contributed by atoms with E-state index in [1.807, 2.05) is 0 Å². The van der Waals surface area contributed by atoms with E-state index in [2.05, 4.69) is 4.90 Å². The summed E-state index contributed by atoms with van der Waals surface area (Å²) in [5.41, 5.74) is 6.12. The van der Waals surface area contributed by atoms with Crippen molar-refractivity contribution in [3.05, 3.63) is 35.4 Å². The number of nitrogens with zero attached hydrogens (tertiary/aromatic N) is 1. The molecule has 0 spiro atoms. The van der Waals surface area contributed by atoms with Crippen LogP contribution in [0.5, 0.6) is 0 Å². The maximum atomic E-state index is 12.7. The molecule has 3 aliphatic rings. The smallest absolute Gasteiger partial charge is 0.327 e. The lowest BCUT2D eigenvalue weighted by molar-refractivity contribution is -0.160. The largest absolute Gasteiger partial charge is 0.459 e. The number of halogens is 2. The van der Waals surface area contributed by atoms with E-state index < -0.39 is 18.4 Å². The molecule has 4 rings (SSSR count). The van der Waals surface area contributed by atoms with Crippen LogP contribution in [0.1, 0.15) is 36.4 Å². The summed E-state index contributed by atoms with van der Waals surface area (Å²) >= 11 is 0. The number of carbonyl (C=O) groups excluding carboxylic acids is 1. The van der Waals surface area contributed by atoms with Crippen molar-refractivity contribution < 1.29 is 18.3 Å². The van der Waals surface area contributed by atoms with E-state index in [0.717, 1.165) is 32.5 Å². The van der Waals surface area contributed by atoms with Crippen molar-refractivity contribution >= 4 is 5.97 Å². The number of piperidine rings is 3. The zero-order valence-corrected chi connectivity index (χ0v) is 12.3. The van der Waals surface area contributed by atoms with Gasteiger partial charge in [0.05, 0.1) is 0 Å². The van der Waals surface area contributed by atoms with Gasteiger partial charge in [-0.2, -0.15) is 0 Å². The quantitative estimate of drug-likeness (QED) is 0.867. The Labute approximate surface area is 128 Å². The third kappa shape index (κ3) is 3.13. The van der Waals surface area contributed by atoms with Gasteiger partial charge in [0.25, 0.3) is 6.43 Å². The highest BCUT2D eigenvalue weighted by atomic mass is 19.3. The lowest BCUT2D eigenvalue weighted by Gasteiger charge is -2.44. The summed E-state index contributed by atoms with van der Waals surface area (Å²) in [6.45, 7) is 2.86. The van der Waals surface area contributed by atoms with Gasteiger partial charge >= 0.3 is 5.97 Å². The molecule has 1 unspecified atom stereocenters. The molecule has 4 nitrogen and oxygen atoms in total. The van der Waals surface area contributed by atoms with E-state index in [1.54, 1.807) is 6.07 Å². The van der Waals surface area contributed by atoms with Crippen LogP contribution in [-0.4, -0.2) is 36.6 Å². The first-order valence-corrected chi connectivity index (χ1v) is 7.61. The van der Waals surface area contributed by atoms with Gasteiger partial charge in [0.1, 0.15) is 12.1 Å². The summed E-state index contributed by atoms with van der Waals surface area (Å²) in [7, 11) is 0. The normalized spacial score (nSPS) is 28.6.